The predicted molar refractivity (Wildman–Crippen MR) is 69.2 cm³/mol. The van der Waals surface area contributed by atoms with Crippen molar-refractivity contribution in [2.75, 3.05) is 20.6 Å². The highest BCUT2D eigenvalue weighted by Crippen LogP contribution is 2.21. The van der Waals surface area contributed by atoms with E-state index in [-0.39, 0.29) is 0 Å². The van der Waals surface area contributed by atoms with Crippen molar-refractivity contribution in [1.29, 1.82) is 0 Å². The van der Waals surface area contributed by atoms with Crippen molar-refractivity contribution in [3.63, 3.8) is 0 Å². The Balaban J connectivity index is 2.10. The summed E-state index contributed by atoms with van der Waals surface area (Å²) in [6.07, 6.45) is 0.869. The molecule has 0 saturated carbocycles. The fourth-order valence-corrected chi connectivity index (χ4v) is 1.65. The summed E-state index contributed by atoms with van der Waals surface area (Å²) in [5, 5.41) is 4.78. The van der Waals surface area contributed by atoms with E-state index in [0.717, 1.165) is 35.0 Å². The van der Waals surface area contributed by atoms with Gasteiger partial charge in [0.25, 0.3) is 0 Å². The topological polar surface area (TPSA) is 29.3 Å². The summed E-state index contributed by atoms with van der Waals surface area (Å²) < 4.78 is 5.29. The van der Waals surface area contributed by atoms with Gasteiger partial charge >= 0.3 is 0 Å². The van der Waals surface area contributed by atoms with Crippen LogP contribution < -0.4 is 0 Å². The minimum Gasteiger partial charge on any atom is -0.361 e. The number of rotatable bonds is 4. The molecule has 90 valence electrons. The van der Waals surface area contributed by atoms with Crippen molar-refractivity contribution in [2.45, 2.75) is 6.42 Å². The maximum absolute atomic E-state index is 5.84. The Bertz CT molecular complexity index is 476. The zero-order valence-electron chi connectivity index (χ0n) is 9.98. The van der Waals surface area contributed by atoms with E-state index in [0.29, 0.717) is 0 Å². The molecule has 0 aliphatic rings. The summed E-state index contributed by atoms with van der Waals surface area (Å²) in [5.74, 6) is 0.906. The lowest BCUT2D eigenvalue weighted by Gasteiger charge is -2.05. The van der Waals surface area contributed by atoms with Gasteiger partial charge in [0.1, 0.15) is 11.5 Å². The van der Waals surface area contributed by atoms with Crippen LogP contribution >= 0.6 is 11.6 Å². The normalized spacial score (nSPS) is 11.1. The standard InChI is InChI=1S/C13H15ClN2O/c1-16(2)8-7-12-9-13(15-17-12)10-3-5-11(14)6-4-10/h3-6,9H,7-8H2,1-2H3. The highest BCUT2D eigenvalue weighted by molar-refractivity contribution is 6.30. The molecule has 0 aliphatic heterocycles. The maximum Gasteiger partial charge on any atom is 0.138 e. The summed E-state index contributed by atoms with van der Waals surface area (Å²) in [7, 11) is 4.08. The van der Waals surface area contributed by atoms with Crippen molar-refractivity contribution in [3.8, 4) is 11.3 Å². The number of benzene rings is 1. The maximum atomic E-state index is 5.84. The van der Waals surface area contributed by atoms with Gasteiger partial charge in [0, 0.05) is 29.6 Å². The third-order valence-electron chi connectivity index (χ3n) is 2.50. The van der Waals surface area contributed by atoms with Crippen LogP contribution in [0.3, 0.4) is 0 Å². The van der Waals surface area contributed by atoms with Gasteiger partial charge in [0.2, 0.25) is 0 Å². The lowest BCUT2D eigenvalue weighted by Crippen LogP contribution is -2.14. The Morgan fingerprint density at radius 2 is 1.94 bits per heavy atom. The van der Waals surface area contributed by atoms with Crippen molar-refractivity contribution >= 4 is 11.6 Å². The molecular formula is C13H15ClN2O. The van der Waals surface area contributed by atoms with Crippen molar-refractivity contribution in [1.82, 2.24) is 10.1 Å². The second-order valence-corrected chi connectivity index (χ2v) is 4.68. The molecule has 2 rings (SSSR count). The van der Waals surface area contributed by atoms with Gasteiger partial charge in [-0.3, -0.25) is 0 Å². The highest BCUT2D eigenvalue weighted by Gasteiger charge is 2.06. The zero-order valence-corrected chi connectivity index (χ0v) is 10.7. The van der Waals surface area contributed by atoms with Crippen molar-refractivity contribution in [2.24, 2.45) is 0 Å². The van der Waals surface area contributed by atoms with E-state index < -0.39 is 0 Å². The number of likely N-dealkylation sites (N-methyl/N-ethyl adjacent to an activating group) is 1. The first-order valence-corrected chi connectivity index (χ1v) is 5.89. The largest absolute Gasteiger partial charge is 0.361 e. The molecule has 0 spiro atoms. The summed E-state index contributed by atoms with van der Waals surface area (Å²) in [5.41, 5.74) is 1.88. The van der Waals surface area contributed by atoms with Crippen LogP contribution in [0.15, 0.2) is 34.9 Å². The Labute approximate surface area is 106 Å². The molecule has 1 heterocycles. The molecule has 3 nitrogen and oxygen atoms in total. The summed E-state index contributed by atoms with van der Waals surface area (Å²) in [4.78, 5) is 2.12. The first-order valence-electron chi connectivity index (χ1n) is 5.51. The molecule has 1 aromatic heterocycles. The van der Waals surface area contributed by atoms with Crippen LogP contribution in [0.5, 0.6) is 0 Å². The lowest BCUT2D eigenvalue weighted by molar-refractivity contribution is 0.350. The molecule has 2 aromatic rings. The molecule has 0 N–H and O–H groups in total. The first kappa shape index (κ1) is 12.1. The second-order valence-electron chi connectivity index (χ2n) is 4.24. The molecule has 0 fully saturated rings. The van der Waals surface area contributed by atoms with E-state index in [2.05, 4.69) is 10.1 Å². The SMILES string of the molecule is CN(C)CCc1cc(-c2ccc(Cl)cc2)no1. The number of hydrogen-bond donors (Lipinski definition) is 0. The molecule has 0 radical (unpaired) electrons. The van der Waals surface area contributed by atoms with E-state index in [1.54, 1.807) is 0 Å². The Hall–Kier alpha value is -1.32. The molecule has 0 aliphatic carbocycles. The van der Waals surface area contributed by atoms with Crippen LogP contribution in [0.4, 0.5) is 0 Å². The van der Waals surface area contributed by atoms with Crippen LogP contribution in [0.2, 0.25) is 5.02 Å². The fourth-order valence-electron chi connectivity index (χ4n) is 1.52. The van der Waals surface area contributed by atoms with Crippen LogP contribution in [0.1, 0.15) is 5.76 Å². The van der Waals surface area contributed by atoms with E-state index in [1.165, 1.54) is 0 Å². The monoisotopic (exact) mass is 250 g/mol. The van der Waals surface area contributed by atoms with Crippen molar-refractivity contribution in [3.05, 3.63) is 41.1 Å². The Morgan fingerprint density at radius 1 is 1.24 bits per heavy atom. The van der Waals surface area contributed by atoms with Crippen molar-refractivity contribution < 1.29 is 4.52 Å². The molecule has 0 saturated heterocycles. The van der Waals surface area contributed by atoms with Gasteiger partial charge in [0.15, 0.2) is 0 Å². The number of aromatic nitrogens is 1. The first-order chi connectivity index (χ1) is 8.15. The summed E-state index contributed by atoms with van der Waals surface area (Å²) in [6.45, 7) is 0.954. The molecule has 0 bridgehead atoms. The molecule has 0 unspecified atom stereocenters. The lowest BCUT2D eigenvalue weighted by atomic mass is 10.1. The third-order valence-corrected chi connectivity index (χ3v) is 2.76. The average Bonchev–Trinajstić information content (AvgIpc) is 2.76. The Kier molecular flexibility index (Phi) is 3.82. The summed E-state index contributed by atoms with van der Waals surface area (Å²) in [6, 6.07) is 9.56. The van der Waals surface area contributed by atoms with Crippen LogP contribution in [0, 0.1) is 0 Å². The van der Waals surface area contributed by atoms with Gasteiger partial charge in [-0.05, 0) is 26.2 Å². The van der Waals surface area contributed by atoms with E-state index in [1.807, 2.05) is 44.4 Å². The number of hydrogen-bond acceptors (Lipinski definition) is 3. The van der Waals surface area contributed by atoms with Gasteiger partial charge in [0.05, 0.1) is 0 Å². The molecule has 4 heteroatoms. The molecule has 0 amide bonds. The van der Waals surface area contributed by atoms with E-state index in [9.17, 15) is 0 Å². The minimum absolute atomic E-state index is 0.727. The minimum atomic E-state index is 0.727. The van der Waals surface area contributed by atoms with Gasteiger partial charge in [-0.15, -0.1) is 0 Å². The quantitative estimate of drug-likeness (QED) is 0.835. The third kappa shape index (κ3) is 3.32. The van der Waals surface area contributed by atoms with E-state index in [4.69, 9.17) is 16.1 Å². The smallest absolute Gasteiger partial charge is 0.138 e. The molecule has 17 heavy (non-hydrogen) atoms. The fraction of sp³-hybridized carbons (Fsp3) is 0.308. The molecule has 1 aromatic carbocycles. The van der Waals surface area contributed by atoms with Gasteiger partial charge < -0.3 is 9.42 Å². The summed E-state index contributed by atoms with van der Waals surface area (Å²) >= 11 is 5.84. The molecule has 0 atom stereocenters. The van der Waals surface area contributed by atoms with Crippen LogP contribution in [-0.2, 0) is 6.42 Å². The predicted octanol–water partition coefficient (Wildman–Crippen LogP) is 3.10. The van der Waals surface area contributed by atoms with Crippen LogP contribution in [-0.4, -0.2) is 30.7 Å². The zero-order chi connectivity index (χ0) is 12.3. The average molecular weight is 251 g/mol. The number of nitrogens with zero attached hydrogens (tertiary/aromatic N) is 2. The number of halogens is 1. The van der Waals surface area contributed by atoms with Gasteiger partial charge in [-0.2, -0.15) is 0 Å². The van der Waals surface area contributed by atoms with E-state index >= 15 is 0 Å². The second kappa shape index (κ2) is 5.34. The Morgan fingerprint density at radius 3 is 2.59 bits per heavy atom. The van der Waals surface area contributed by atoms with Crippen LogP contribution in [0.25, 0.3) is 11.3 Å². The van der Waals surface area contributed by atoms with Gasteiger partial charge in [-0.25, -0.2) is 0 Å². The highest BCUT2D eigenvalue weighted by atomic mass is 35.5. The molecular weight excluding hydrogens is 236 g/mol. The van der Waals surface area contributed by atoms with Gasteiger partial charge in [-0.1, -0.05) is 28.9 Å².